The number of alkyl halides is 2. The minimum absolute atomic E-state index is 0.00779. The molecule has 156 valence electrons. The fourth-order valence-corrected chi connectivity index (χ4v) is 4.66. The molecule has 2 aromatic rings. The van der Waals surface area contributed by atoms with Crippen LogP contribution in [-0.2, 0) is 10.8 Å². The number of halogens is 3. The molecule has 1 aromatic heterocycles. The van der Waals surface area contributed by atoms with E-state index in [0.29, 0.717) is 11.4 Å². The summed E-state index contributed by atoms with van der Waals surface area (Å²) in [6.45, 7) is 0.237. The summed E-state index contributed by atoms with van der Waals surface area (Å²) in [4.78, 5) is 13.6. The Hall–Kier alpha value is -2.33. The molecule has 7 nitrogen and oxygen atoms in total. The van der Waals surface area contributed by atoms with Gasteiger partial charge in [-0.1, -0.05) is 11.6 Å². The van der Waals surface area contributed by atoms with E-state index < -0.39 is 28.0 Å². The number of benzene rings is 1. The summed E-state index contributed by atoms with van der Waals surface area (Å²) >= 11 is 5.98. The first-order chi connectivity index (χ1) is 13.8. The number of hydrogen-bond acceptors (Lipinski definition) is 5. The van der Waals surface area contributed by atoms with Crippen molar-refractivity contribution >= 4 is 34.1 Å². The van der Waals surface area contributed by atoms with Gasteiger partial charge < -0.3 is 15.0 Å². The highest BCUT2D eigenvalue weighted by Gasteiger charge is 2.48. The van der Waals surface area contributed by atoms with Gasteiger partial charge in [-0.15, -0.1) is 0 Å². The average Bonchev–Trinajstić information content (AvgIpc) is 2.74. The van der Waals surface area contributed by atoms with Gasteiger partial charge in [-0.05, 0) is 37.1 Å². The number of nitrogens with zero attached hydrogens (tertiary/aromatic N) is 3. The smallest absolute Gasteiger partial charge is 0.328 e. The maximum absolute atomic E-state index is 14.9. The quantitative estimate of drug-likeness (QED) is 0.758. The number of likely N-dealkylation sites (tertiary alicyclic amines) is 1. The number of hydrogen-bond donors (Lipinski definition) is 1. The lowest BCUT2D eigenvalue weighted by Crippen LogP contribution is -2.46. The Morgan fingerprint density at radius 2 is 2.03 bits per heavy atom. The molecule has 1 fully saturated rings. The molecule has 0 aliphatic carbocycles. The summed E-state index contributed by atoms with van der Waals surface area (Å²) in [6, 6.07) is 5.32. The predicted octanol–water partition coefficient (Wildman–Crippen LogP) is 3.78. The molecule has 3 rings (SSSR count). The van der Waals surface area contributed by atoms with Crippen molar-refractivity contribution in [2.75, 3.05) is 25.5 Å². The molecule has 0 radical (unpaired) electrons. The molecule has 0 bridgehead atoms. The Bertz CT molecular complexity index is 896. The number of carbonyl (C=O) groups is 1. The van der Waals surface area contributed by atoms with E-state index >= 15 is 0 Å². The minimum Gasteiger partial charge on any atom is -0.497 e. The Labute approximate surface area is 173 Å². The lowest BCUT2D eigenvalue weighted by atomic mass is 9.97. The van der Waals surface area contributed by atoms with Crippen LogP contribution >= 0.6 is 11.6 Å². The molecule has 2 amide bonds. The normalized spacial score (nSPS) is 16.3. The van der Waals surface area contributed by atoms with E-state index in [1.165, 1.54) is 42.6 Å². The molecule has 1 aliphatic heterocycles. The lowest BCUT2D eigenvalue weighted by molar-refractivity contribution is 0.00506. The average molecular weight is 445 g/mol. The number of aromatic nitrogens is 2. The molecule has 1 atom stereocenters. The van der Waals surface area contributed by atoms with E-state index in [9.17, 15) is 17.8 Å². The van der Waals surface area contributed by atoms with Gasteiger partial charge in [0.25, 0.3) is 0 Å². The van der Waals surface area contributed by atoms with Gasteiger partial charge in [0, 0.05) is 19.0 Å². The Balaban J connectivity index is 1.64. The number of methoxy groups -OCH3 is 1. The largest absolute Gasteiger partial charge is 0.497 e. The second-order valence-corrected chi connectivity index (χ2v) is 8.38. The molecule has 0 spiro atoms. The number of rotatable bonds is 5. The van der Waals surface area contributed by atoms with Crippen LogP contribution in [0.2, 0.25) is 5.02 Å². The van der Waals surface area contributed by atoms with Gasteiger partial charge in [-0.3, -0.25) is 0 Å². The number of urea groups is 1. The van der Waals surface area contributed by atoms with Crippen molar-refractivity contribution in [3.63, 3.8) is 0 Å². The van der Waals surface area contributed by atoms with Gasteiger partial charge in [0.05, 0.1) is 35.1 Å². The van der Waals surface area contributed by atoms with E-state index in [1.807, 2.05) is 0 Å². The highest BCUT2D eigenvalue weighted by molar-refractivity contribution is 7.86. The molecule has 1 unspecified atom stereocenters. The first-order valence-corrected chi connectivity index (χ1v) is 10.3. The number of anilines is 1. The third-order valence-corrected chi connectivity index (χ3v) is 6.68. The molecule has 1 aromatic carbocycles. The van der Waals surface area contributed by atoms with Crippen LogP contribution in [0, 0.1) is 5.92 Å². The fourth-order valence-electron chi connectivity index (χ4n) is 3.04. The summed E-state index contributed by atoms with van der Waals surface area (Å²) in [7, 11) is -1.26. The van der Waals surface area contributed by atoms with Crippen LogP contribution in [0.25, 0.3) is 0 Å². The molecule has 1 aliphatic rings. The molecular formula is C18H19ClF2N4O3S. The van der Waals surface area contributed by atoms with Crippen LogP contribution in [-0.4, -0.2) is 50.8 Å². The van der Waals surface area contributed by atoms with E-state index in [4.69, 9.17) is 16.3 Å². The third-order valence-electron chi connectivity index (χ3n) is 4.68. The fraction of sp³-hybridized carbons (Fsp3) is 0.389. The minimum atomic E-state index is -3.49. The standard InChI is InChI=1S/C18H19ClF2N4O3S/c1-28-14-2-3-15(19)16(10-14)29(27)18(20,21)12-5-8-25(9-6-12)17(26)24-13-4-7-22-23-11-13/h2-4,7,10-12H,5-6,8-9H2,1H3,(H,22,24,26). The zero-order valence-electron chi connectivity index (χ0n) is 15.5. The summed E-state index contributed by atoms with van der Waals surface area (Å²) in [5.74, 6) is -0.845. The summed E-state index contributed by atoms with van der Waals surface area (Å²) in [5.41, 5.74) is 0.464. The van der Waals surface area contributed by atoms with E-state index in [-0.39, 0.29) is 35.8 Å². The van der Waals surface area contributed by atoms with Crippen LogP contribution in [0.15, 0.2) is 41.6 Å². The highest BCUT2D eigenvalue weighted by Crippen LogP contribution is 2.41. The molecule has 0 saturated carbocycles. The Morgan fingerprint density at radius 1 is 1.31 bits per heavy atom. The maximum atomic E-state index is 14.9. The van der Waals surface area contributed by atoms with Crippen LogP contribution in [0.4, 0.5) is 19.3 Å². The number of nitrogens with one attached hydrogen (secondary N) is 1. The van der Waals surface area contributed by atoms with Crippen LogP contribution in [0.1, 0.15) is 12.8 Å². The van der Waals surface area contributed by atoms with Crippen molar-refractivity contribution in [2.24, 2.45) is 5.92 Å². The number of piperidine rings is 1. The number of amides is 2. The van der Waals surface area contributed by atoms with Gasteiger partial charge in [0.2, 0.25) is 0 Å². The second kappa shape index (κ2) is 9.00. The second-order valence-electron chi connectivity index (χ2n) is 6.45. The van der Waals surface area contributed by atoms with Gasteiger partial charge in [-0.2, -0.15) is 19.0 Å². The van der Waals surface area contributed by atoms with Crippen molar-refractivity contribution in [1.29, 1.82) is 0 Å². The molecule has 2 heterocycles. The Kier molecular flexibility index (Phi) is 6.63. The highest BCUT2D eigenvalue weighted by atomic mass is 35.5. The molecular weight excluding hydrogens is 426 g/mol. The van der Waals surface area contributed by atoms with Crippen LogP contribution < -0.4 is 10.1 Å². The third kappa shape index (κ3) is 4.81. The number of carbonyl (C=O) groups excluding carboxylic acids is 1. The van der Waals surface area contributed by atoms with Gasteiger partial charge >= 0.3 is 11.3 Å². The Morgan fingerprint density at radius 3 is 2.66 bits per heavy atom. The maximum Gasteiger partial charge on any atom is 0.328 e. The van der Waals surface area contributed by atoms with Crippen LogP contribution in [0.3, 0.4) is 0 Å². The summed E-state index contributed by atoms with van der Waals surface area (Å²) in [6.07, 6.45) is 2.85. The first-order valence-electron chi connectivity index (χ1n) is 8.78. The van der Waals surface area contributed by atoms with Crippen molar-refractivity contribution in [2.45, 2.75) is 23.0 Å². The molecule has 29 heavy (non-hydrogen) atoms. The van der Waals surface area contributed by atoms with E-state index in [2.05, 4.69) is 15.5 Å². The zero-order valence-corrected chi connectivity index (χ0v) is 17.1. The van der Waals surface area contributed by atoms with E-state index in [1.54, 1.807) is 6.07 Å². The summed E-state index contributed by atoms with van der Waals surface area (Å²) < 4.78 is 47.5. The topological polar surface area (TPSA) is 84.4 Å². The lowest BCUT2D eigenvalue weighted by Gasteiger charge is -2.35. The first kappa shape index (κ1) is 21.4. The van der Waals surface area contributed by atoms with Crippen molar-refractivity contribution in [1.82, 2.24) is 15.1 Å². The van der Waals surface area contributed by atoms with Crippen molar-refractivity contribution in [3.05, 3.63) is 41.7 Å². The van der Waals surface area contributed by atoms with Gasteiger partial charge in [0.15, 0.2) is 0 Å². The van der Waals surface area contributed by atoms with Gasteiger partial charge in [0.1, 0.15) is 16.5 Å². The van der Waals surface area contributed by atoms with Gasteiger partial charge in [-0.25, -0.2) is 9.00 Å². The zero-order chi connectivity index (χ0) is 21.0. The van der Waals surface area contributed by atoms with Crippen LogP contribution in [0.5, 0.6) is 5.75 Å². The SMILES string of the molecule is COc1ccc(Cl)c(S(=O)C(F)(F)C2CCN(C(=O)Nc3ccnnc3)CC2)c1. The molecule has 1 N–H and O–H groups in total. The monoisotopic (exact) mass is 444 g/mol. The predicted molar refractivity (Wildman–Crippen MR) is 105 cm³/mol. The number of ether oxygens (including phenoxy) is 1. The van der Waals surface area contributed by atoms with Crippen molar-refractivity contribution in [3.8, 4) is 5.75 Å². The summed E-state index contributed by atoms with van der Waals surface area (Å²) in [5, 5.41) is 6.41. The van der Waals surface area contributed by atoms with Crippen molar-refractivity contribution < 1.29 is 22.5 Å². The van der Waals surface area contributed by atoms with E-state index in [0.717, 1.165) is 0 Å². The molecule has 11 heteroatoms. The molecule has 1 saturated heterocycles.